The number of aromatic nitrogens is 3. The van der Waals surface area contributed by atoms with Crippen LogP contribution in [-0.2, 0) is 28.9 Å². The monoisotopic (exact) mass is 434 g/mol. The summed E-state index contributed by atoms with van der Waals surface area (Å²) in [6, 6.07) is 0. The Balaban J connectivity index is 1.47. The fourth-order valence-corrected chi connectivity index (χ4v) is 6.02. The molecule has 7 nitrogen and oxygen atoms in total. The summed E-state index contributed by atoms with van der Waals surface area (Å²) in [4.78, 5) is 26.2. The molecular weight excluding hydrogens is 408 g/mol. The van der Waals surface area contributed by atoms with E-state index in [1.807, 2.05) is 0 Å². The quantitative estimate of drug-likeness (QED) is 0.526. The Bertz CT molecular complexity index is 933. The molecule has 0 radical (unpaired) electrons. The molecule has 1 fully saturated rings. The number of ether oxygens (including phenoxy) is 1. The van der Waals surface area contributed by atoms with Crippen molar-refractivity contribution in [3.63, 3.8) is 0 Å². The molecule has 1 saturated carbocycles. The zero-order valence-corrected chi connectivity index (χ0v) is 18.6. The average molecular weight is 435 g/mol. The Morgan fingerprint density at radius 3 is 2.79 bits per heavy atom. The third-order valence-electron chi connectivity index (χ3n) is 5.49. The van der Waals surface area contributed by atoms with Gasteiger partial charge in [-0.25, -0.2) is 4.79 Å². The van der Waals surface area contributed by atoms with Crippen LogP contribution in [0.3, 0.4) is 0 Å². The second-order valence-electron chi connectivity index (χ2n) is 7.74. The maximum atomic E-state index is 12.6. The highest BCUT2D eigenvalue weighted by Crippen LogP contribution is 2.41. The highest BCUT2D eigenvalue weighted by molar-refractivity contribution is 7.99. The molecule has 4 rings (SSSR count). The predicted molar refractivity (Wildman–Crippen MR) is 114 cm³/mol. The van der Waals surface area contributed by atoms with Gasteiger partial charge in [0, 0.05) is 17.3 Å². The summed E-state index contributed by atoms with van der Waals surface area (Å²) in [5.74, 6) is 1.84. The van der Waals surface area contributed by atoms with Crippen LogP contribution in [-0.4, -0.2) is 39.5 Å². The number of nitrogens with zero attached hydrogens (tertiary/aromatic N) is 3. The highest BCUT2D eigenvalue weighted by atomic mass is 32.2. The first-order valence-corrected chi connectivity index (χ1v) is 11.9. The van der Waals surface area contributed by atoms with Gasteiger partial charge in [0.15, 0.2) is 5.16 Å². The fraction of sp³-hybridized carbons (Fsp3) is 0.600. The molecule has 0 aliphatic heterocycles. The van der Waals surface area contributed by atoms with Crippen LogP contribution < -0.4 is 5.32 Å². The Hall–Kier alpha value is -1.87. The number of anilines is 1. The summed E-state index contributed by atoms with van der Waals surface area (Å²) >= 11 is 2.89. The van der Waals surface area contributed by atoms with Gasteiger partial charge < -0.3 is 14.6 Å². The standard InChI is InChI=1S/C20H26N4O3S2/c1-4-24-17(12-6-7-12)22-23-20(24)28-10-15(25)21-18-16(19(26)27-3)13-8-5-11(2)9-14(13)29-18/h11-12H,4-10H2,1-3H3,(H,21,25). The Morgan fingerprint density at radius 1 is 1.31 bits per heavy atom. The number of thioether (sulfide) groups is 1. The minimum atomic E-state index is -0.375. The van der Waals surface area contributed by atoms with Crippen molar-refractivity contribution in [2.24, 2.45) is 5.92 Å². The summed E-state index contributed by atoms with van der Waals surface area (Å²) in [5.41, 5.74) is 1.58. The van der Waals surface area contributed by atoms with E-state index in [1.165, 1.54) is 47.9 Å². The molecule has 156 valence electrons. The lowest BCUT2D eigenvalue weighted by atomic mass is 9.88. The molecule has 1 atom stereocenters. The van der Waals surface area contributed by atoms with E-state index >= 15 is 0 Å². The van der Waals surface area contributed by atoms with Crippen LogP contribution >= 0.6 is 23.1 Å². The largest absolute Gasteiger partial charge is 0.465 e. The lowest BCUT2D eigenvalue weighted by Gasteiger charge is -2.18. The van der Waals surface area contributed by atoms with Crippen LogP contribution in [0.2, 0.25) is 0 Å². The second-order valence-corrected chi connectivity index (χ2v) is 9.79. The van der Waals surface area contributed by atoms with Crippen molar-refractivity contribution in [1.82, 2.24) is 14.8 Å². The first-order valence-electron chi connectivity index (χ1n) is 10.1. The van der Waals surface area contributed by atoms with Crippen LogP contribution in [0.4, 0.5) is 5.00 Å². The maximum Gasteiger partial charge on any atom is 0.341 e. The number of carbonyl (C=O) groups is 2. The first-order chi connectivity index (χ1) is 14.0. The summed E-state index contributed by atoms with van der Waals surface area (Å²) in [6.45, 7) is 5.08. The molecule has 0 saturated heterocycles. The van der Waals surface area contributed by atoms with Gasteiger partial charge in [-0.15, -0.1) is 21.5 Å². The van der Waals surface area contributed by atoms with Gasteiger partial charge in [0.05, 0.1) is 18.4 Å². The summed E-state index contributed by atoms with van der Waals surface area (Å²) in [6.07, 6.45) is 5.18. The molecule has 0 bridgehead atoms. The molecular formula is C20H26N4O3S2. The number of thiophene rings is 1. The van der Waals surface area contributed by atoms with Crippen molar-refractivity contribution in [2.45, 2.75) is 63.6 Å². The van der Waals surface area contributed by atoms with E-state index in [-0.39, 0.29) is 17.6 Å². The van der Waals surface area contributed by atoms with Crippen LogP contribution in [0.15, 0.2) is 5.16 Å². The van der Waals surface area contributed by atoms with Crippen LogP contribution in [0, 0.1) is 5.92 Å². The summed E-state index contributed by atoms with van der Waals surface area (Å²) in [7, 11) is 1.38. The molecule has 2 aromatic rings. The molecule has 1 N–H and O–H groups in total. The third-order valence-corrected chi connectivity index (χ3v) is 7.63. The van der Waals surface area contributed by atoms with Crippen molar-refractivity contribution in [3.05, 3.63) is 21.8 Å². The number of carbonyl (C=O) groups excluding carboxylic acids is 2. The lowest BCUT2D eigenvalue weighted by molar-refractivity contribution is -0.113. The fourth-order valence-electron chi connectivity index (χ4n) is 3.80. The second kappa shape index (κ2) is 8.47. The summed E-state index contributed by atoms with van der Waals surface area (Å²) < 4.78 is 7.09. The van der Waals surface area contributed by atoms with E-state index in [9.17, 15) is 9.59 Å². The number of rotatable bonds is 7. The van der Waals surface area contributed by atoms with Gasteiger partial charge in [-0.2, -0.15) is 0 Å². The van der Waals surface area contributed by atoms with Crippen molar-refractivity contribution >= 4 is 40.0 Å². The first kappa shape index (κ1) is 20.4. The number of methoxy groups -OCH3 is 1. The van der Waals surface area contributed by atoms with E-state index in [2.05, 4.69) is 33.9 Å². The van der Waals surface area contributed by atoms with E-state index in [0.29, 0.717) is 22.4 Å². The van der Waals surface area contributed by atoms with Gasteiger partial charge in [0.1, 0.15) is 10.8 Å². The molecule has 1 amide bonds. The number of esters is 1. The van der Waals surface area contributed by atoms with Crippen molar-refractivity contribution in [3.8, 4) is 0 Å². The average Bonchev–Trinajstić information content (AvgIpc) is 3.37. The number of fused-ring (bicyclic) bond motifs is 1. The molecule has 2 heterocycles. The number of hydrogen-bond acceptors (Lipinski definition) is 7. The minimum Gasteiger partial charge on any atom is -0.465 e. The topological polar surface area (TPSA) is 86.1 Å². The zero-order chi connectivity index (χ0) is 20.5. The van der Waals surface area contributed by atoms with Gasteiger partial charge in [0.2, 0.25) is 5.91 Å². The number of nitrogens with one attached hydrogen (secondary N) is 1. The Morgan fingerprint density at radius 2 is 2.10 bits per heavy atom. The van der Waals surface area contributed by atoms with Crippen LogP contribution in [0.5, 0.6) is 0 Å². The van der Waals surface area contributed by atoms with E-state index in [0.717, 1.165) is 42.4 Å². The van der Waals surface area contributed by atoms with Crippen molar-refractivity contribution in [1.29, 1.82) is 0 Å². The lowest BCUT2D eigenvalue weighted by Crippen LogP contribution is -2.17. The molecule has 0 aromatic carbocycles. The Labute approximate surface area is 178 Å². The van der Waals surface area contributed by atoms with Crippen molar-refractivity contribution < 1.29 is 14.3 Å². The minimum absolute atomic E-state index is 0.148. The molecule has 2 aromatic heterocycles. The van der Waals surface area contributed by atoms with Crippen LogP contribution in [0.25, 0.3) is 0 Å². The highest BCUT2D eigenvalue weighted by Gasteiger charge is 2.31. The molecule has 1 unspecified atom stereocenters. The van der Waals surface area contributed by atoms with Gasteiger partial charge in [0.25, 0.3) is 0 Å². The molecule has 9 heteroatoms. The van der Waals surface area contributed by atoms with E-state index < -0.39 is 0 Å². The van der Waals surface area contributed by atoms with E-state index in [4.69, 9.17) is 4.74 Å². The molecule has 0 spiro atoms. The number of hydrogen-bond donors (Lipinski definition) is 1. The predicted octanol–water partition coefficient (Wildman–Crippen LogP) is 3.88. The SMILES string of the molecule is CCn1c(SCC(=O)Nc2sc3c(c2C(=O)OC)CCC(C)C3)nnc1C1CC1. The van der Waals surface area contributed by atoms with Crippen LogP contribution in [0.1, 0.15) is 65.7 Å². The van der Waals surface area contributed by atoms with Gasteiger partial charge in [-0.05, 0) is 50.5 Å². The van der Waals surface area contributed by atoms with Gasteiger partial charge in [-0.1, -0.05) is 18.7 Å². The maximum absolute atomic E-state index is 12.6. The number of amides is 1. The molecule has 29 heavy (non-hydrogen) atoms. The molecule has 2 aliphatic carbocycles. The third kappa shape index (κ3) is 4.21. The van der Waals surface area contributed by atoms with E-state index in [1.54, 1.807) is 0 Å². The normalized spacial score (nSPS) is 18.4. The Kier molecular flexibility index (Phi) is 5.96. The smallest absolute Gasteiger partial charge is 0.341 e. The van der Waals surface area contributed by atoms with Crippen molar-refractivity contribution in [2.75, 3.05) is 18.2 Å². The molecule has 2 aliphatic rings. The zero-order valence-electron chi connectivity index (χ0n) is 17.0. The summed E-state index contributed by atoms with van der Waals surface area (Å²) in [5, 5.41) is 12.9. The van der Waals surface area contributed by atoms with Gasteiger partial charge >= 0.3 is 5.97 Å². The van der Waals surface area contributed by atoms with Gasteiger partial charge in [-0.3, -0.25) is 4.79 Å².